The Morgan fingerprint density at radius 1 is 1.21 bits per heavy atom. The Morgan fingerprint density at radius 2 is 1.97 bits per heavy atom. The highest BCUT2D eigenvalue weighted by Crippen LogP contribution is 2.16. The maximum atomic E-state index is 13.5. The summed E-state index contributed by atoms with van der Waals surface area (Å²) in [7, 11) is 1.95. The Hall–Kier alpha value is -2.77. The van der Waals surface area contributed by atoms with Crippen molar-refractivity contribution in [2.24, 2.45) is 0 Å². The van der Waals surface area contributed by atoms with Gasteiger partial charge in [0.1, 0.15) is 11.6 Å². The summed E-state index contributed by atoms with van der Waals surface area (Å²) < 4.78 is 19.0. The number of para-hydroxylation sites is 1. The number of carbonyl (C=O) groups excluding carboxylic acids is 1. The van der Waals surface area contributed by atoms with Crippen LogP contribution in [0.2, 0.25) is 0 Å². The van der Waals surface area contributed by atoms with E-state index >= 15 is 0 Å². The summed E-state index contributed by atoms with van der Waals surface area (Å²) in [6.07, 6.45) is 0.249. The van der Waals surface area contributed by atoms with Gasteiger partial charge in [-0.25, -0.2) is 9.37 Å². The Morgan fingerprint density at radius 3 is 2.72 bits per heavy atom. The smallest absolute Gasteiger partial charge is 0.231 e. The molecule has 3 aromatic rings. The van der Waals surface area contributed by atoms with E-state index in [2.05, 4.69) is 10.3 Å². The van der Waals surface area contributed by atoms with Crippen molar-refractivity contribution in [3.05, 3.63) is 76.0 Å². The molecule has 5 nitrogen and oxygen atoms in total. The Kier molecular flexibility index (Phi) is 7.32. The Bertz CT molecular complexity index is 943. The van der Waals surface area contributed by atoms with E-state index in [0.717, 1.165) is 22.0 Å². The zero-order chi connectivity index (χ0) is 20.6. The predicted molar refractivity (Wildman–Crippen MR) is 114 cm³/mol. The fourth-order valence-electron chi connectivity index (χ4n) is 2.71. The van der Waals surface area contributed by atoms with E-state index in [1.165, 1.54) is 17.4 Å². The molecule has 0 aliphatic rings. The van der Waals surface area contributed by atoms with Gasteiger partial charge in [0.15, 0.2) is 11.6 Å². The van der Waals surface area contributed by atoms with Crippen molar-refractivity contribution in [2.45, 2.75) is 19.9 Å². The summed E-state index contributed by atoms with van der Waals surface area (Å²) in [5.41, 5.74) is 2.84. The van der Waals surface area contributed by atoms with Gasteiger partial charge in [-0.15, -0.1) is 11.3 Å². The first-order chi connectivity index (χ1) is 14.0. The summed E-state index contributed by atoms with van der Waals surface area (Å²) in [6, 6.07) is 14.1. The minimum Gasteiger partial charge on any atom is -0.489 e. The molecule has 0 saturated heterocycles. The van der Waals surface area contributed by atoms with Crippen LogP contribution in [0.4, 0.5) is 10.1 Å². The number of ether oxygens (including phenoxy) is 1. The van der Waals surface area contributed by atoms with Crippen molar-refractivity contribution in [1.29, 1.82) is 0 Å². The van der Waals surface area contributed by atoms with E-state index in [0.29, 0.717) is 19.7 Å². The maximum Gasteiger partial charge on any atom is 0.231 e. The highest BCUT2D eigenvalue weighted by molar-refractivity contribution is 7.09. The molecule has 7 heteroatoms. The summed E-state index contributed by atoms with van der Waals surface area (Å²) in [5, 5.41) is 5.63. The topological polar surface area (TPSA) is 54.5 Å². The van der Waals surface area contributed by atoms with Gasteiger partial charge in [-0.05, 0) is 38.2 Å². The lowest BCUT2D eigenvalue weighted by Crippen LogP contribution is -2.24. The zero-order valence-corrected chi connectivity index (χ0v) is 17.3. The predicted octanol–water partition coefficient (Wildman–Crippen LogP) is 4.28. The second-order valence-corrected chi connectivity index (χ2v) is 7.78. The van der Waals surface area contributed by atoms with E-state index in [-0.39, 0.29) is 23.9 Å². The van der Waals surface area contributed by atoms with Crippen LogP contribution in [0.1, 0.15) is 16.3 Å². The van der Waals surface area contributed by atoms with Crippen LogP contribution in [0.15, 0.2) is 53.9 Å². The molecule has 1 heterocycles. The second-order valence-electron chi connectivity index (χ2n) is 6.84. The molecule has 0 saturated carbocycles. The first-order valence-electron chi connectivity index (χ1n) is 9.35. The van der Waals surface area contributed by atoms with Crippen molar-refractivity contribution < 1.29 is 13.9 Å². The van der Waals surface area contributed by atoms with E-state index < -0.39 is 0 Å². The normalized spacial score (nSPS) is 10.9. The molecular formula is C22H24FN3O2S. The van der Waals surface area contributed by atoms with Crippen molar-refractivity contribution in [1.82, 2.24) is 9.88 Å². The molecule has 152 valence electrons. The average Bonchev–Trinajstić information content (AvgIpc) is 3.11. The molecule has 1 N–H and O–H groups in total. The van der Waals surface area contributed by atoms with Crippen LogP contribution in [0.5, 0.6) is 5.75 Å². The Balaban J connectivity index is 1.42. The third-order valence-electron chi connectivity index (χ3n) is 4.25. The number of nitrogens with zero attached hydrogens (tertiary/aromatic N) is 2. The van der Waals surface area contributed by atoms with Crippen LogP contribution >= 0.6 is 11.3 Å². The molecule has 0 radical (unpaired) electrons. The number of aryl methyl sites for hydroxylation is 1. The highest BCUT2D eigenvalue weighted by Gasteiger charge is 2.10. The number of benzene rings is 2. The number of thiazole rings is 1. The number of likely N-dealkylation sites (N-methyl/N-ethyl adjacent to an activating group) is 1. The third kappa shape index (κ3) is 6.66. The van der Waals surface area contributed by atoms with Gasteiger partial charge in [-0.3, -0.25) is 9.69 Å². The summed E-state index contributed by atoms with van der Waals surface area (Å²) in [6.45, 7) is 3.66. The zero-order valence-electron chi connectivity index (χ0n) is 16.5. The molecule has 0 aliphatic heterocycles. The fraction of sp³-hybridized carbons (Fsp3) is 0.273. The van der Waals surface area contributed by atoms with Crippen LogP contribution in [0.3, 0.4) is 0 Å². The molecule has 0 bridgehead atoms. The number of aromatic nitrogens is 1. The van der Waals surface area contributed by atoms with E-state index in [4.69, 9.17) is 4.74 Å². The lowest BCUT2D eigenvalue weighted by Gasteiger charge is -2.15. The van der Waals surface area contributed by atoms with E-state index in [1.807, 2.05) is 48.5 Å². The van der Waals surface area contributed by atoms with Crippen LogP contribution < -0.4 is 10.1 Å². The fourth-order valence-corrected chi connectivity index (χ4v) is 3.49. The van der Waals surface area contributed by atoms with Gasteiger partial charge < -0.3 is 10.1 Å². The van der Waals surface area contributed by atoms with Gasteiger partial charge in [0.25, 0.3) is 0 Å². The quantitative estimate of drug-likeness (QED) is 0.569. The minimum atomic E-state index is -0.358. The van der Waals surface area contributed by atoms with Gasteiger partial charge in [0.05, 0.1) is 12.1 Å². The number of rotatable bonds is 9. The van der Waals surface area contributed by atoms with Crippen LogP contribution in [-0.4, -0.2) is 36.0 Å². The number of nitrogens with one attached hydrogen (secondary N) is 1. The number of hydrogen-bond donors (Lipinski definition) is 1. The highest BCUT2D eigenvalue weighted by atomic mass is 32.1. The van der Waals surface area contributed by atoms with Gasteiger partial charge >= 0.3 is 0 Å². The monoisotopic (exact) mass is 413 g/mol. The number of amides is 1. The van der Waals surface area contributed by atoms with Gasteiger partial charge in [0, 0.05) is 24.2 Å². The first-order valence-corrected chi connectivity index (χ1v) is 10.2. The molecule has 2 aromatic carbocycles. The number of anilines is 1. The standard InChI is InChI=1S/C22H24FN3O2S/c1-16-7-9-17(10-8-16)24-21(27)13-22-25-18(15-29-22)14-26(2)11-12-28-20-6-4-3-5-19(20)23/h3-10,15H,11-14H2,1-2H3,(H,24,27). The first kappa shape index (κ1) is 21.0. The van der Waals surface area contributed by atoms with Crippen molar-refractivity contribution in [3.63, 3.8) is 0 Å². The summed E-state index contributed by atoms with van der Waals surface area (Å²) >= 11 is 1.48. The molecule has 0 aliphatic carbocycles. The van der Waals surface area contributed by atoms with Gasteiger partial charge in [-0.1, -0.05) is 29.8 Å². The Labute approximate surface area is 174 Å². The SMILES string of the molecule is Cc1ccc(NC(=O)Cc2nc(CN(C)CCOc3ccccc3F)cs2)cc1. The molecule has 0 spiro atoms. The molecular weight excluding hydrogens is 389 g/mol. The van der Waals surface area contributed by atoms with Gasteiger partial charge in [-0.2, -0.15) is 0 Å². The number of carbonyl (C=O) groups is 1. The molecule has 1 amide bonds. The summed E-state index contributed by atoms with van der Waals surface area (Å²) in [5.74, 6) is -0.180. The van der Waals surface area contributed by atoms with Crippen molar-refractivity contribution >= 4 is 22.9 Å². The minimum absolute atomic E-state index is 0.0820. The van der Waals surface area contributed by atoms with E-state index in [9.17, 15) is 9.18 Å². The molecule has 3 rings (SSSR count). The average molecular weight is 414 g/mol. The van der Waals surface area contributed by atoms with Crippen LogP contribution in [0.25, 0.3) is 0 Å². The lowest BCUT2D eigenvalue weighted by molar-refractivity contribution is -0.115. The van der Waals surface area contributed by atoms with E-state index in [1.54, 1.807) is 18.2 Å². The molecule has 1 aromatic heterocycles. The summed E-state index contributed by atoms with van der Waals surface area (Å²) in [4.78, 5) is 18.8. The van der Waals surface area contributed by atoms with Crippen molar-refractivity contribution in [2.75, 3.05) is 25.5 Å². The van der Waals surface area contributed by atoms with Crippen LogP contribution in [-0.2, 0) is 17.8 Å². The second kappa shape index (κ2) is 10.1. The van der Waals surface area contributed by atoms with Crippen molar-refractivity contribution in [3.8, 4) is 5.75 Å². The molecule has 0 fully saturated rings. The molecule has 29 heavy (non-hydrogen) atoms. The largest absolute Gasteiger partial charge is 0.489 e. The molecule has 0 unspecified atom stereocenters. The van der Waals surface area contributed by atoms with Gasteiger partial charge in [0.2, 0.25) is 5.91 Å². The number of halogens is 1. The number of hydrogen-bond acceptors (Lipinski definition) is 5. The van der Waals surface area contributed by atoms with Crippen LogP contribution in [0, 0.1) is 12.7 Å². The maximum absolute atomic E-state index is 13.5. The lowest BCUT2D eigenvalue weighted by atomic mass is 10.2. The molecule has 0 atom stereocenters. The third-order valence-corrected chi connectivity index (χ3v) is 5.14.